The Morgan fingerprint density at radius 1 is 0.455 bits per heavy atom. The summed E-state index contributed by atoms with van der Waals surface area (Å²) < 4.78 is 4.66. The minimum Gasteiger partial charge on any atom is -0.344 e. The van der Waals surface area contributed by atoms with Gasteiger partial charge in [0.2, 0.25) is 0 Å². The van der Waals surface area contributed by atoms with Gasteiger partial charge in [-0.2, -0.15) is 0 Å². The van der Waals surface area contributed by atoms with E-state index < -0.39 is 0 Å². The first-order valence-electron chi connectivity index (χ1n) is 16.7. The van der Waals surface area contributed by atoms with Gasteiger partial charge in [-0.1, -0.05) is 124 Å². The van der Waals surface area contributed by atoms with Crippen molar-refractivity contribution in [2.45, 2.75) is 75.8 Å². The molecule has 0 saturated carbocycles. The van der Waals surface area contributed by atoms with E-state index in [1.807, 2.05) is 81.5 Å². The molecule has 0 unspecified atom stereocenters. The van der Waals surface area contributed by atoms with Crippen molar-refractivity contribution < 1.29 is 0 Å². The zero-order chi connectivity index (χ0) is 32.6. The van der Waals surface area contributed by atoms with E-state index in [4.69, 9.17) is 0 Å². The molecule has 3 nitrogen and oxygen atoms in total. The lowest BCUT2D eigenvalue weighted by molar-refractivity contribution is 0.835. The van der Waals surface area contributed by atoms with Gasteiger partial charge < -0.3 is 9.13 Å². The summed E-state index contributed by atoms with van der Waals surface area (Å²) in [5, 5.41) is 5.16. The molecule has 0 spiro atoms. The van der Waals surface area contributed by atoms with Crippen LogP contribution in [0.1, 0.15) is 74.9 Å². The number of nitrogens with zero attached hydrogens (tertiary/aromatic N) is 3. The van der Waals surface area contributed by atoms with E-state index in [9.17, 15) is 0 Å². The van der Waals surface area contributed by atoms with Crippen LogP contribution in [-0.2, 0) is 13.6 Å². The third-order valence-electron chi connectivity index (χ3n) is 7.07. The Balaban J connectivity index is 0.000000618. The molecule has 0 N–H and O–H groups in total. The second-order valence-electron chi connectivity index (χ2n) is 8.96. The summed E-state index contributed by atoms with van der Waals surface area (Å²) in [4.78, 5) is 4.57. The van der Waals surface area contributed by atoms with Crippen molar-refractivity contribution >= 4 is 43.6 Å². The maximum Gasteiger partial charge on any atom is 0.0654 e. The highest BCUT2D eigenvalue weighted by molar-refractivity contribution is 6.11. The van der Waals surface area contributed by atoms with Crippen molar-refractivity contribution in [3.05, 3.63) is 115 Å². The summed E-state index contributed by atoms with van der Waals surface area (Å²) >= 11 is 0. The topological polar surface area (TPSA) is 22.8 Å². The van der Waals surface area contributed by atoms with Crippen LogP contribution >= 0.6 is 0 Å². The molecule has 3 aromatic heterocycles. The van der Waals surface area contributed by atoms with Gasteiger partial charge in [-0.25, -0.2) is 0 Å². The maximum atomic E-state index is 4.57. The van der Waals surface area contributed by atoms with Gasteiger partial charge in [-0.15, -0.1) is 0 Å². The number of rotatable bonds is 3. The SMILES string of the molecule is CC.CC.CC.CC.CC.Cn1c2ccccc2c2cc(-c3ccc4c(c3)c3ccccc3n4Cc3ccccn3)ccc21. The molecule has 7 aromatic rings. The molecule has 3 heterocycles. The molecule has 3 heteroatoms. The van der Waals surface area contributed by atoms with Crippen molar-refractivity contribution in [1.29, 1.82) is 0 Å². The quantitative estimate of drug-likeness (QED) is 0.202. The third-order valence-corrected chi connectivity index (χ3v) is 7.07. The van der Waals surface area contributed by atoms with Crippen LogP contribution in [0.2, 0.25) is 0 Å². The molecule has 4 aromatic carbocycles. The fourth-order valence-electron chi connectivity index (χ4n) is 5.40. The maximum absolute atomic E-state index is 4.57. The van der Waals surface area contributed by atoms with Crippen LogP contribution in [0.5, 0.6) is 0 Å². The zero-order valence-corrected chi connectivity index (χ0v) is 28.9. The Kier molecular flexibility index (Phi) is 14.9. The highest BCUT2D eigenvalue weighted by atomic mass is 15.0. The summed E-state index contributed by atoms with van der Waals surface area (Å²) in [7, 11) is 2.15. The van der Waals surface area contributed by atoms with Crippen LogP contribution in [-0.4, -0.2) is 14.1 Å². The normalized spacial score (nSPS) is 9.80. The van der Waals surface area contributed by atoms with Gasteiger partial charge >= 0.3 is 0 Å². The first-order valence-corrected chi connectivity index (χ1v) is 16.7. The largest absolute Gasteiger partial charge is 0.344 e. The molecular formula is C41H53N3. The van der Waals surface area contributed by atoms with Crippen molar-refractivity contribution in [3.63, 3.8) is 0 Å². The minimum absolute atomic E-state index is 0.756. The molecule has 0 aliphatic heterocycles. The lowest BCUT2D eigenvalue weighted by Crippen LogP contribution is -2.00. The number of benzene rings is 4. The van der Waals surface area contributed by atoms with E-state index in [-0.39, 0.29) is 0 Å². The second-order valence-corrected chi connectivity index (χ2v) is 8.96. The molecule has 0 atom stereocenters. The molecule has 0 aliphatic rings. The summed E-state index contributed by atoms with van der Waals surface area (Å²) in [6, 6.07) is 37.1. The number of fused-ring (bicyclic) bond motifs is 6. The molecule has 0 saturated heterocycles. The first kappa shape index (κ1) is 35.8. The minimum atomic E-state index is 0.756. The fraction of sp³-hybridized carbons (Fsp3) is 0.293. The van der Waals surface area contributed by atoms with Crippen LogP contribution in [0.15, 0.2) is 109 Å². The van der Waals surface area contributed by atoms with Crippen LogP contribution in [0.4, 0.5) is 0 Å². The van der Waals surface area contributed by atoms with Crippen LogP contribution in [0, 0.1) is 0 Å². The average molecular weight is 588 g/mol. The number of hydrogen-bond acceptors (Lipinski definition) is 1. The molecule has 0 radical (unpaired) electrons. The Labute approximate surface area is 266 Å². The van der Waals surface area contributed by atoms with Crippen LogP contribution < -0.4 is 0 Å². The molecule has 0 aliphatic carbocycles. The molecular weight excluding hydrogens is 534 g/mol. The molecule has 232 valence electrons. The van der Waals surface area contributed by atoms with Crippen LogP contribution in [0.3, 0.4) is 0 Å². The van der Waals surface area contributed by atoms with Crippen molar-refractivity contribution in [2.24, 2.45) is 7.05 Å². The van der Waals surface area contributed by atoms with Crippen molar-refractivity contribution in [2.75, 3.05) is 0 Å². The lowest BCUT2D eigenvalue weighted by atomic mass is 10.0. The monoisotopic (exact) mass is 587 g/mol. The summed E-state index contributed by atoms with van der Waals surface area (Å²) in [6.45, 7) is 20.8. The van der Waals surface area contributed by atoms with E-state index in [0.29, 0.717) is 0 Å². The Morgan fingerprint density at radius 2 is 0.886 bits per heavy atom. The third kappa shape index (κ3) is 7.22. The molecule has 0 amide bonds. The molecule has 44 heavy (non-hydrogen) atoms. The fourth-order valence-corrected chi connectivity index (χ4v) is 5.40. The summed E-state index contributed by atoms with van der Waals surface area (Å²) in [5.74, 6) is 0. The van der Waals surface area contributed by atoms with Gasteiger partial charge in [0.1, 0.15) is 0 Å². The van der Waals surface area contributed by atoms with Crippen molar-refractivity contribution in [1.82, 2.24) is 14.1 Å². The van der Waals surface area contributed by atoms with Crippen LogP contribution in [0.25, 0.3) is 54.7 Å². The number of aryl methyl sites for hydroxylation is 1. The van der Waals surface area contributed by atoms with E-state index in [1.165, 1.54) is 54.7 Å². The smallest absolute Gasteiger partial charge is 0.0654 e. The first-order chi connectivity index (χ1) is 21.8. The van der Waals surface area contributed by atoms with Gasteiger partial charge in [0.05, 0.1) is 12.2 Å². The van der Waals surface area contributed by atoms with E-state index in [2.05, 4.69) is 118 Å². The van der Waals surface area contributed by atoms with Gasteiger partial charge in [-0.05, 0) is 59.7 Å². The number of aromatic nitrogens is 3. The van der Waals surface area contributed by atoms with Gasteiger partial charge in [-0.3, -0.25) is 4.98 Å². The molecule has 0 bridgehead atoms. The Morgan fingerprint density at radius 3 is 1.45 bits per heavy atom. The Bertz CT molecular complexity index is 1840. The van der Waals surface area contributed by atoms with Gasteiger partial charge in [0, 0.05) is 56.9 Å². The van der Waals surface area contributed by atoms with Gasteiger partial charge in [0.15, 0.2) is 0 Å². The molecule has 0 fully saturated rings. The van der Waals surface area contributed by atoms with Gasteiger partial charge in [0.25, 0.3) is 0 Å². The van der Waals surface area contributed by atoms with E-state index in [1.54, 1.807) is 0 Å². The number of hydrogen-bond donors (Lipinski definition) is 0. The summed E-state index contributed by atoms with van der Waals surface area (Å²) in [5.41, 5.74) is 8.55. The van der Waals surface area contributed by atoms with E-state index >= 15 is 0 Å². The number of pyridine rings is 1. The van der Waals surface area contributed by atoms with E-state index in [0.717, 1.165) is 12.2 Å². The Hall–Kier alpha value is -4.37. The highest BCUT2D eigenvalue weighted by Gasteiger charge is 2.14. The zero-order valence-electron chi connectivity index (χ0n) is 28.9. The lowest BCUT2D eigenvalue weighted by Gasteiger charge is -2.08. The van der Waals surface area contributed by atoms with Crippen molar-refractivity contribution in [3.8, 4) is 11.1 Å². The predicted octanol–water partition coefficient (Wildman–Crippen LogP) is 12.7. The standard InChI is InChI=1S/C31H23N3.5C2H6/c1-33-28-11-4-2-9-24(28)26-18-21(13-15-29(26)33)22-14-16-31-27(19-22)25-10-3-5-12-30(25)34(31)20-23-8-6-7-17-32-23;5*1-2/h2-19H,20H2,1H3;5*1-2H3. The average Bonchev–Trinajstić information content (AvgIpc) is 3.60. The molecule has 7 rings (SSSR count). The summed E-state index contributed by atoms with van der Waals surface area (Å²) in [6.07, 6.45) is 1.87. The second kappa shape index (κ2) is 18.3. The highest BCUT2D eigenvalue weighted by Crippen LogP contribution is 2.35. The predicted molar refractivity (Wildman–Crippen MR) is 199 cm³/mol. The number of para-hydroxylation sites is 2.